The highest BCUT2D eigenvalue weighted by atomic mass is 32.2. The number of rotatable bonds is 8. The molecule has 1 aromatic carbocycles. The molecule has 1 rings (SSSR count). The van der Waals surface area contributed by atoms with Crippen molar-refractivity contribution in [2.75, 3.05) is 18.6 Å². The van der Waals surface area contributed by atoms with Crippen molar-refractivity contribution in [2.45, 2.75) is 19.4 Å². The Morgan fingerprint density at radius 3 is 2.32 bits per heavy atom. The van der Waals surface area contributed by atoms with E-state index in [2.05, 4.69) is 0 Å². The number of hydrogen-bond acceptors (Lipinski definition) is 4. The fourth-order valence-electron chi connectivity index (χ4n) is 1.85. The Morgan fingerprint density at radius 2 is 1.82 bits per heavy atom. The molecule has 0 bridgehead atoms. The lowest BCUT2D eigenvalue weighted by Crippen LogP contribution is -2.35. The Morgan fingerprint density at radius 1 is 1.23 bits per heavy atom. The van der Waals surface area contributed by atoms with Crippen molar-refractivity contribution in [3.05, 3.63) is 35.6 Å². The normalized spacial score (nSPS) is 11.2. The highest BCUT2D eigenvalue weighted by Gasteiger charge is 2.17. The van der Waals surface area contributed by atoms with Crippen LogP contribution in [0.1, 0.15) is 18.4 Å². The van der Waals surface area contributed by atoms with Crippen molar-refractivity contribution in [1.82, 2.24) is 4.90 Å². The summed E-state index contributed by atoms with van der Waals surface area (Å²) in [5.41, 5.74) is 0.596. The molecule has 0 aliphatic carbocycles. The maximum absolute atomic E-state index is 12.8. The minimum absolute atomic E-state index is 0.0320. The van der Waals surface area contributed by atoms with E-state index in [4.69, 9.17) is 5.11 Å². The molecule has 1 N–H and O–H groups in total. The average molecular weight is 331 g/mol. The number of carbonyl (C=O) groups is 2. The van der Waals surface area contributed by atoms with Crippen LogP contribution in [0.5, 0.6) is 0 Å². The number of carboxylic acids is 1. The van der Waals surface area contributed by atoms with Crippen molar-refractivity contribution < 1.29 is 27.5 Å². The number of amides is 1. The molecule has 0 fully saturated rings. The minimum Gasteiger partial charge on any atom is -0.480 e. The Bertz CT molecular complexity index is 627. The standard InChI is InChI=1S/C14H18FNO5S/c1-22(20,21)8-2-3-13(17)16(10-14(18)19)9-11-4-6-12(15)7-5-11/h4-7H,2-3,8-10H2,1H3,(H,18,19). The van der Waals surface area contributed by atoms with E-state index in [0.717, 1.165) is 11.2 Å². The summed E-state index contributed by atoms with van der Waals surface area (Å²) < 4.78 is 34.9. The van der Waals surface area contributed by atoms with Gasteiger partial charge in [0.15, 0.2) is 0 Å². The summed E-state index contributed by atoms with van der Waals surface area (Å²) in [6.45, 7) is -0.459. The van der Waals surface area contributed by atoms with Crippen molar-refractivity contribution in [3.63, 3.8) is 0 Å². The summed E-state index contributed by atoms with van der Waals surface area (Å²) in [6, 6.07) is 5.38. The largest absolute Gasteiger partial charge is 0.480 e. The molecular weight excluding hydrogens is 313 g/mol. The molecule has 0 aliphatic heterocycles. The second-order valence-electron chi connectivity index (χ2n) is 5.00. The minimum atomic E-state index is -3.16. The van der Waals surface area contributed by atoms with Gasteiger partial charge in [0, 0.05) is 19.2 Å². The Labute approximate surface area is 128 Å². The van der Waals surface area contributed by atoms with Gasteiger partial charge in [-0.3, -0.25) is 9.59 Å². The smallest absolute Gasteiger partial charge is 0.323 e. The van der Waals surface area contributed by atoms with Crippen LogP contribution in [0.25, 0.3) is 0 Å². The van der Waals surface area contributed by atoms with E-state index < -0.39 is 34.1 Å². The summed E-state index contributed by atoms with van der Waals surface area (Å²) in [6.07, 6.45) is 1.16. The van der Waals surface area contributed by atoms with Crippen molar-refractivity contribution in [3.8, 4) is 0 Å². The van der Waals surface area contributed by atoms with Crippen LogP contribution in [0.15, 0.2) is 24.3 Å². The first kappa shape index (κ1) is 18.1. The van der Waals surface area contributed by atoms with Crippen molar-refractivity contribution in [2.24, 2.45) is 0 Å². The van der Waals surface area contributed by atoms with Crippen LogP contribution in [-0.4, -0.2) is 48.9 Å². The summed E-state index contributed by atoms with van der Waals surface area (Å²) >= 11 is 0. The van der Waals surface area contributed by atoms with E-state index >= 15 is 0 Å². The Kier molecular flexibility index (Phi) is 6.48. The number of carbonyl (C=O) groups excluding carboxylic acids is 1. The van der Waals surface area contributed by atoms with E-state index in [1.54, 1.807) is 0 Å². The molecule has 0 atom stereocenters. The first-order chi connectivity index (χ1) is 10.2. The Balaban J connectivity index is 2.68. The zero-order valence-corrected chi connectivity index (χ0v) is 13.0. The molecule has 0 radical (unpaired) electrons. The number of benzene rings is 1. The van der Waals surface area contributed by atoms with Gasteiger partial charge in [-0.15, -0.1) is 0 Å². The van der Waals surface area contributed by atoms with Gasteiger partial charge in [-0.1, -0.05) is 12.1 Å². The molecule has 8 heteroatoms. The van der Waals surface area contributed by atoms with E-state index in [1.165, 1.54) is 24.3 Å². The van der Waals surface area contributed by atoms with E-state index in [1.807, 2.05) is 0 Å². The van der Waals surface area contributed by atoms with Gasteiger partial charge in [-0.05, 0) is 24.1 Å². The lowest BCUT2D eigenvalue weighted by Gasteiger charge is -2.21. The van der Waals surface area contributed by atoms with Crippen LogP contribution < -0.4 is 0 Å². The van der Waals surface area contributed by atoms with Crippen LogP contribution in [0, 0.1) is 5.82 Å². The molecule has 0 saturated carbocycles. The van der Waals surface area contributed by atoms with E-state index in [-0.39, 0.29) is 25.1 Å². The monoisotopic (exact) mass is 331 g/mol. The van der Waals surface area contributed by atoms with E-state index in [0.29, 0.717) is 5.56 Å². The third kappa shape index (κ3) is 7.16. The maximum Gasteiger partial charge on any atom is 0.323 e. The molecule has 1 amide bonds. The van der Waals surface area contributed by atoms with Gasteiger partial charge in [0.1, 0.15) is 22.2 Å². The predicted octanol–water partition coefficient (Wildman–Crippen LogP) is 1.06. The zero-order valence-electron chi connectivity index (χ0n) is 12.2. The fourth-order valence-corrected chi connectivity index (χ4v) is 2.52. The molecule has 0 heterocycles. The summed E-state index contributed by atoms with van der Waals surface area (Å²) in [5.74, 6) is -2.17. The highest BCUT2D eigenvalue weighted by molar-refractivity contribution is 7.90. The molecule has 0 saturated heterocycles. The number of hydrogen-bond donors (Lipinski definition) is 1. The molecule has 0 spiro atoms. The average Bonchev–Trinajstić information content (AvgIpc) is 2.38. The quantitative estimate of drug-likeness (QED) is 0.769. The third-order valence-electron chi connectivity index (χ3n) is 2.87. The van der Waals surface area contributed by atoms with Gasteiger partial charge in [-0.2, -0.15) is 0 Å². The Hall–Kier alpha value is -1.96. The van der Waals surface area contributed by atoms with Crippen LogP contribution >= 0.6 is 0 Å². The van der Waals surface area contributed by atoms with Gasteiger partial charge in [0.2, 0.25) is 5.91 Å². The molecule has 0 unspecified atom stereocenters. The summed E-state index contributed by atoms with van der Waals surface area (Å²) in [7, 11) is -3.16. The van der Waals surface area contributed by atoms with E-state index in [9.17, 15) is 22.4 Å². The van der Waals surface area contributed by atoms with Crippen LogP contribution in [-0.2, 0) is 26.0 Å². The molecule has 122 valence electrons. The second kappa shape index (κ2) is 7.88. The van der Waals surface area contributed by atoms with Crippen molar-refractivity contribution in [1.29, 1.82) is 0 Å². The molecule has 22 heavy (non-hydrogen) atoms. The van der Waals surface area contributed by atoms with Gasteiger partial charge < -0.3 is 10.0 Å². The van der Waals surface area contributed by atoms with Gasteiger partial charge in [0.05, 0.1) is 5.75 Å². The van der Waals surface area contributed by atoms with Gasteiger partial charge >= 0.3 is 5.97 Å². The van der Waals surface area contributed by atoms with Gasteiger partial charge in [0.25, 0.3) is 0 Å². The second-order valence-corrected chi connectivity index (χ2v) is 7.26. The predicted molar refractivity (Wildman–Crippen MR) is 78.4 cm³/mol. The van der Waals surface area contributed by atoms with Crippen LogP contribution in [0.3, 0.4) is 0 Å². The molecule has 0 aromatic heterocycles. The lowest BCUT2D eigenvalue weighted by molar-refractivity contribution is -0.144. The summed E-state index contributed by atoms with van der Waals surface area (Å²) in [4.78, 5) is 24.0. The number of nitrogens with zero attached hydrogens (tertiary/aromatic N) is 1. The molecule has 1 aromatic rings. The molecule has 0 aliphatic rings. The third-order valence-corrected chi connectivity index (χ3v) is 3.90. The first-order valence-electron chi connectivity index (χ1n) is 6.59. The van der Waals surface area contributed by atoms with Gasteiger partial charge in [-0.25, -0.2) is 12.8 Å². The topological polar surface area (TPSA) is 91.8 Å². The molecular formula is C14H18FNO5S. The first-order valence-corrected chi connectivity index (χ1v) is 8.65. The SMILES string of the molecule is CS(=O)(=O)CCCC(=O)N(CC(=O)O)Cc1ccc(F)cc1. The van der Waals surface area contributed by atoms with Crippen LogP contribution in [0.4, 0.5) is 4.39 Å². The number of halogens is 1. The fraction of sp³-hybridized carbons (Fsp3) is 0.429. The van der Waals surface area contributed by atoms with Crippen LogP contribution in [0.2, 0.25) is 0 Å². The van der Waals surface area contributed by atoms with Crippen molar-refractivity contribution >= 4 is 21.7 Å². The lowest BCUT2D eigenvalue weighted by atomic mass is 10.2. The highest BCUT2D eigenvalue weighted by Crippen LogP contribution is 2.09. The number of sulfone groups is 1. The maximum atomic E-state index is 12.8. The molecule has 6 nitrogen and oxygen atoms in total. The zero-order chi connectivity index (χ0) is 16.8. The summed E-state index contributed by atoms with van der Waals surface area (Å²) in [5, 5.41) is 8.86. The number of carboxylic acid groups (broad SMARTS) is 1. The number of aliphatic carboxylic acids is 1.